The summed E-state index contributed by atoms with van der Waals surface area (Å²) >= 11 is 0. The first kappa shape index (κ1) is 24.8. The van der Waals surface area contributed by atoms with E-state index in [-0.39, 0.29) is 5.78 Å². The SMILES string of the molecule is Cc1cc(CC(=O)c2cnn(-c3ccc(C4CC4)cn3)c2C)cnc1C1CCN(CC(C)(C)O)CC1. The van der Waals surface area contributed by atoms with Crippen molar-refractivity contribution in [2.75, 3.05) is 19.6 Å². The molecule has 0 unspecified atom stereocenters. The highest BCUT2D eigenvalue weighted by Crippen LogP contribution is 2.39. The molecule has 7 nitrogen and oxygen atoms in total. The van der Waals surface area contributed by atoms with Crippen LogP contribution in [0.3, 0.4) is 0 Å². The highest BCUT2D eigenvalue weighted by atomic mass is 16.3. The van der Waals surface area contributed by atoms with E-state index in [1.54, 1.807) is 10.9 Å². The second kappa shape index (κ2) is 9.87. The molecule has 5 rings (SSSR count). The predicted molar refractivity (Wildman–Crippen MR) is 140 cm³/mol. The van der Waals surface area contributed by atoms with Gasteiger partial charge in [0.05, 0.1) is 23.1 Å². The number of Topliss-reactive ketones (excluding diaryl/α,β-unsaturated/α-hetero) is 1. The zero-order chi connectivity index (χ0) is 25.4. The maximum absolute atomic E-state index is 13.2. The van der Waals surface area contributed by atoms with Crippen molar-refractivity contribution < 1.29 is 9.90 Å². The molecule has 0 bridgehead atoms. The lowest BCUT2D eigenvalue weighted by Gasteiger charge is -2.35. The standard InChI is InChI=1S/C29H37N5O2/c1-19-13-21(15-31-28(19)23-9-11-33(12-10-23)18-29(3,4)36)14-26(35)25-17-32-34(20(25)2)27-8-7-24(16-30-27)22-5-6-22/h7-8,13,15-17,22-23,36H,5-6,9-12,14,18H2,1-4H3. The van der Waals surface area contributed by atoms with E-state index >= 15 is 0 Å². The third-order valence-electron chi connectivity index (χ3n) is 7.47. The van der Waals surface area contributed by atoms with E-state index in [0.717, 1.165) is 54.3 Å². The van der Waals surface area contributed by atoms with Crippen molar-refractivity contribution in [1.29, 1.82) is 0 Å². The molecule has 3 aromatic rings. The number of aryl methyl sites for hydroxylation is 1. The van der Waals surface area contributed by atoms with Gasteiger partial charge in [0.1, 0.15) is 0 Å². The topological polar surface area (TPSA) is 84.1 Å². The van der Waals surface area contributed by atoms with Crippen molar-refractivity contribution in [1.82, 2.24) is 24.6 Å². The molecule has 36 heavy (non-hydrogen) atoms. The summed E-state index contributed by atoms with van der Waals surface area (Å²) in [4.78, 5) is 24.9. The number of piperidine rings is 1. The van der Waals surface area contributed by atoms with Crippen molar-refractivity contribution in [3.05, 3.63) is 70.4 Å². The van der Waals surface area contributed by atoms with Gasteiger partial charge in [-0.15, -0.1) is 0 Å². The summed E-state index contributed by atoms with van der Waals surface area (Å²) in [5.74, 6) is 1.87. The van der Waals surface area contributed by atoms with Crippen molar-refractivity contribution in [3.63, 3.8) is 0 Å². The molecule has 1 N–H and O–H groups in total. The zero-order valence-electron chi connectivity index (χ0n) is 21.9. The van der Waals surface area contributed by atoms with Crippen LogP contribution in [0.25, 0.3) is 5.82 Å². The molecule has 0 amide bonds. The molecule has 3 aromatic heterocycles. The Balaban J connectivity index is 1.23. The molecule has 1 aliphatic carbocycles. The molecule has 190 valence electrons. The summed E-state index contributed by atoms with van der Waals surface area (Å²) in [5, 5.41) is 14.6. The summed E-state index contributed by atoms with van der Waals surface area (Å²) in [6.45, 7) is 10.4. The number of likely N-dealkylation sites (tertiary alicyclic amines) is 1. The van der Waals surface area contributed by atoms with E-state index in [9.17, 15) is 9.90 Å². The van der Waals surface area contributed by atoms with Crippen LogP contribution in [0.5, 0.6) is 0 Å². The minimum absolute atomic E-state index is 0.0437. The number of pyridine rings is 2. The van der Waals surface area contributed by atoms with Crippen LogP contribution in [0.2, 0.25) is 0 Å². The molecular formula is C29H37N5O2. The zero-order valence-corrected chi connectivity index (χ0v) is 21.9. The average molecular weight is 488 g/mol. The fourth-order valence-electron chi connectivity index (χ4n) is 5.46. The lowest BCUT2D eigenvalue weighted by atomic mass is 9.89. The first-order valence-corrected chi connectivity index (χ1v) is 13.1. The lowest BCUT2D eigenvalue weighted by Crippen LogP contribution is -2.42. The van der Waals surface area contributed by atoms with Gasteiger partial charge in [0, 0.05) is 37.0 Å². The smallest absolute Gasteiger partial charge is 0.170 e. The van der Waals surface area contributed by atoms with Gasteiger partial charge in [0.2, 0.25) is 0 Å². The summed E-state index contributed by atoms with van der Waals surface area (Å²) in [6, 6.07) is 6.22. The maximum Gasteiger partial charge on any atom is 0.170 e. The molecule has 0 atom stereocenters. The number of carbonyl (C=O) groups excluding carboxylic acids is 1. The monoisotopic (exact) mass is 487 g/mol. The Morgan fingerprint density at radius 3 is 2.39 bits per heavy atom. The number of ketones is 1. The fraction of sp³-hybridized carbons (Fsp3) is 0.517. The molecule has 2 aliphatic rings. The summed E-state index contributed by atoms with van der Waals surface area (Å²) in [5.41, 5.74) is 5.27. The minimum Gasteiger partial charge on any atom is -0.389 e. The Labute approximate surface area is 213 Å². The van der Waals surface area contributed by atoms with E-state index in [1.165, 1.54) is 18.4 Å². The van der Waals surface area contributed by atoms with Crippen molar-refractivity contribution in [3.8, 4) is 5.82 Å². The van der Waals surface area contributed by atoms with Crippen LogP contribution in [0, 0.1) is 13.8 Å². The number of aromatic nitrogens is 4. The number of β-amino-alcohol motifs (C(OH)–C–C–N with tert-alkyl or cyclic N) is 1. The molecule has 1 saturated carbocycles. The van der Waals surface area contributed by atoms with Crippen LogP contribution < -0.4 is 0 Å². The van der Waals surface area contributed by atoms with Crippen LogP contribution in [-0.2, 0) is 6.42 Å². The number of rotatable bonds is 8. The minimum atomic E-state index is -0.665. The molecule has 7 heteroatoms. The second-order valence-corrected chi connectivity index (χ2v) is 11.3. The Kier molecular flexibility index (Phi) is 6.79. The highest BCUT2D eigenvalue weighted by Gasteiger charge is 2.27. The number of hydrogen-bond donors (Lipinski definition) is 1. The second-order valence-electron chi connectivity index (χ2n) is 11.3. The van der Waals surface area contributed by atoms with E-state index in [4.69, 9.17) is 4.98 Å². The van der Waals surface area contributed by atoms with Gasteiger partial charge in [-0.2, -0.15) is 5.10 Å². The van der Waals surface area contributed by atoms with E-state index in [0.29, 0.717) is 30.4 Å². The predicted octanol–water partition coefficient (Wildman–Crippen LogP) is 4.53. The van der Waals surface area contributed by atoms with Crippen LogP contribution in [0.1, 0.15) is 89.8 Å². The first-order valence-electron chi connectivity index (χ1n) is 13.1. The van der Waals surface area contributed by atoms with Crippen LogP contribution in [0.15, 0.2) is 36.8 Å². The quantitative estimate of drug-likeness (QED) is 0.470. The van der Waals surface area contributed by atoms with Crippen molar-refractivity contribution >= 4 is 5.78 Å². The third kappa shape index (κ3) is 5.57. The van der Waals surface area contributed by atoms with E-state index in [2.05, 4.69) is 34.0 Å². The maximum atomic E-state index is 13.2. The molecule has 1 saturated heterocycles. The Morgan fingerprint density at radius 1 is 1.03 bits per heavy atom. The average Bonchev–Trinajstić information content (AvgIpc) is 3.61. The lowest BCUT2D eigenvalue weighted by molar-refractivity contribution is 0.0280. The van der Waals surface area contributed by atoms with Crippen molar-refractivity contribution in [2.24, 2.45) is 0 Å². The number of hydrogen-bond acceptors (Lipinski definition) is 6. The summed E-state index contributed by atoms with van der Waals surface area (Å²) in [7, 11) is 0. The van der Waals surface area contributed by atoms with Gasteiger partial charge in [-0.1, -0.05) is 12.1 Å². The Bertz CT molecular complexity index is 1230. The highest BCUT2D eigenvalue weighted by molar-refractivity contribution is 5.98. The number of carbonyl (C=O) groups is 1. The van der Waals surface area contributed by atoms with Crippen LogP contribution in [-0.4, -0.2) is 60.8 Å². The van der Waals surface area contributed by atoms with Gasteiger partial charge >= 0.3 is 0 Å². The molecule has 0 spiro atoms. The van der Waals surface area contributed by atoms with Gasteiger partial charge in [-0.05, 0) is 95.1 Å². The van der Waals surface area contributed by atoms with Crippen LogP contribution >= 0.6 is 0 Å². The Morgan fingerprint density at radius 2 is 1.78 bits per heavy atom. The van der Waals surface area contributed by atoms with Crippen molar-refractivity contribution in [2.45, 2.75) is 77.2 Å². The van der Waals surface area contributed by atoms with Crippen LogP contribution in [0.4, 0.5) is 0 Å². The van der Waals surface area contributed by atoms with E-state index in [1.807, 2.05) is 39.2 Å². The van der Waals surface area contributed by atoms with Gasteiger partial charge < -0.3 is 10.0 Å². The molecule has 2 fully saturated rings. The van der Waals surface area contributed by atoms with Gasteiger partial charge in [0.15, 0.2) is 11.6 Å². The van der Waals surface area contributed by atoms with Gasteiger partial charge in [-0.25, -0.2) is 9.67 Å². The van der Waals surface area contributed by atoms with Gasteiger partial charge in [0.25, 0.3) is 0 Å². The summed E-state index contributed by atoms with van der Waals surface area (Å²) in [6.07, 6.45) is 10.3. The van der Waals surface area contributed by atoms with E-state index < -0.39 is 5.60 Å². The third-order valence-corrected chi connectivity index (χ3v) is 7.47. The fourth-order valence-corrected chi connectivity index (χ4v) is 5.46. The molecule has 4 heterocycles. The first-order chi connectivity index (χ1) is 17.2. The normalized spacial score (nSPS) is 17.5. The molecule has 0 radical (unpaired) electrons. The number of aliphatic hydroxyl groups is 1. The molecular weight excluding hydrogens is 450 g/mol. The number of nitrogens with zero attached hydrogens (tertiary/aromatic N) is 5. The van der Waals surface area contributed by atoms with Gasteiger partial charge in [-0.3, -0.25) is 9.78 Å². The molecule has 0 aromatic carbocycles. The molecule has 1 aliphatic heterocycles. The Hall–Kier alpha value is -2.90. The largest absolute Gasteiger partial charge is 0.389 e. The summed E-state index contributed by atoms with van der Waals surface area (Å²) < 4.78 is 1.75.